The molecule has 6 heteroatoms. The molecule has 6 nitrogen and oxygen atoms in total. The third kappa shape index (κ3) is 6.70. The Bertz CT molecular complexity index is 773. The molecule has 0 radical (unpaired) electrons. The number of hydrogen-bond donors (Lipinski definition) is 2. The van der Waals surface area contributed by atoms with E-state index in [4.69, 9.17) is 4.74 Å². The van der Waals surface area contributed by atoms with Crippen molar-refractivity contribution < 1.29 is 14.3 Å². The quantitative estimate of drug-likeness (QED) is 0.698. The van der Waals surface area contributed by atoms with Gasteiger partial charge in [-0.05, 0) is 50.2 Å². The van der Waals surface area contributed by atoms with E-state index in [-0.39, 0.29) is 30.9 Å². The SMILES string of the molecule is CC[C@@H](NC(=O)CN(C)CC(=O)Nc1ccc(OC)cc1)c1ccc(C)cc1. The Morgan fingerprint density at radius 2 is 1.61 bits per heavy atom. The van der Waals surface area contributed by atoms with Gasteiger partial charge in [0.05, 0.1) is 26.2 Å². The van der Waals surface area contributed by atoms with Gasteiger partial charge >= 0.3 is 0 Å². The van der Waals surface area contributed by atoms with Gasteiger partial charge in [0.25, 0.3) is 0 Å². The molecule has 2 rings (SSSR count). The van der Waals surface area contributed by atoms with E-state index in [1.165, 1.54) is 5.56 Å². The first-order valence-corrected chi connectivity index (χ1v) is 9.39. The molecule has 0 spiro atoms. The Balaban J connectivity index is 1.81. The Labute approximate surface area is 166 Å². The Hall–Kier alpha value is -2.86. The zero-order chi connectivity index (χ0) is 20.5. The number of hydrogen-bond acceptors (Lipinski definition) is 4. The van der Waals surface area contributed by atoms with E-state index < -0.39 is 0 Å². The molecule has 0 bridgehead atoms. The van der Waals surface area contributed by atoms with Crippen molar-refractivity contribution in [2.45, 2.75) is 26.3 Å². The minimum Gasteiger partial charge on any atom is -0.497 e. The van der Waals surface area contributed by atoms with E-state index in [2.05, 4.69) is 10.6 Å². The summed E-state index contributed by atoms with van der Waals surface area (Å²) in [5.74, 6) is 0.448. The number of benzene rings is 2. The fourth-order valence-corrected chi connectivity index (χ4v) is 2.88. The van der Waals surface area contributed by atoms with Gasteiger partial charge in [-0.15, -0.1) is 0 Å². The summed E-state index contributed by atoms with van der Waals surface area (Å²) in [6.45, 7) is 4.35. The zero-order valence-electron chi connectivity index (χ0n) is 17.0. The Morgan fingerprint density at radius 3 is 2.18 bits per heavy atom. The number of amides is 2. The maximum absolute atomic E-state index is 12.4. The fraction of sp³-hybridized carbons (Fsp3) is 0.364. The van der Waals surface area contributed by atoms with Crippen molar-refractivity contribution in [1.82, 2.24) is 10.2 Å². The van der Waals surface area contributed by atoms with Crippen molar-refractivity contribution in [2.75, 3.05) is 32.6 Å². The number of methoxy groups -OCH3 is 1. The molecule has 2 aromatic carbocycles. The van der Waals surface area contributed by atoms with Gasteiger partial charge in [-0.2, -0.15) is 0 Å². The average Bonchev–Trinajstić information content (AvgIpc) is 2.67. The second kappa shape index (κ2) is 10.5. The predicted molar refractivity (Wildman–Crippen MR) is 111 cm³/mol. The molecule has 0 saturated heterocycles. The van der Waals surface area contributed by atoms with Crippen LogP contribution in [0.5, 0.6) is 5.75 Å². The van der Waals surface area contributed by atoms with Gasteiger partial charge in [-0.25, -0.2) is 0 Å². The molecule has 0 unspecified atom stereocenters. The summed E-state index contributed by atoms with van der Waals surface area (Å²) in [6.07, 6.45) is 0.802. The van der Waals surface area contributed by atoms with Crippen LogP contribution in [0.15, 0.2) is 48.5 Å². The van der Waals surface area contributed by atoms with E-state index in [9.17, 15) is 9.59 Å². The van der Waals surface area contributed by atoms with Gasteiger partial charge in [0.2, 0.25) is 11.8 Å². The lowest BCUT2D eigenvalue weighted by atomic mass is 10.0. The summed E-state index contributed by atoms with van der Waals surface area (Å²) in [7, 11) is 3.34. The maximum Gasteiger partial charge on any atom is 0.238 e. The Kier molecular flexibility index (Phi) is 8.02. The number of carbonyl (C=O) groups is 2. The molecule has 28 heavy (non-hydrogen) atoms. The number of likely N-dealkylation sites (N-methyl/N-ethyl adjacent to an activating group) is 1. The second-order valence-electron chi connectivity index (χ2n) is 6.89. The minimum absolute atomic E-state index is 0.0328. The molecule has 0 aliphatic rings. The highest BCUT2D eigenvalue weighted by Gasteiger charge is 2.15. The van der Waals surface area contributed by atoms with Crippen molar-refractivity contribution in [3.63, 3.8) is 0 Å². The average molecular weight is 383 g/mol. The molecular formula is C22H29N3O3. The molecule has 2 aromatic rings. The third-order valence-electron chi connectivity index (χ3n) is 4.42. The monoisotopic (exact) mass is 383 g/mol. The van der Waals surface area contributed by atoms with Crippen LogP contribution in [0.4, 0.5) is 5.69 Å². The zero-order valence-corrected chi connectivity index (χ0v) is 17.0. The van der Waals surface area contributed by atoms with Crippen LogP contribution in [0, 0.1) is 6.92 Å². The molecule has 150 valence electrons. The van der Waals surface area contributed by atoms with Gasteiger partial charge in [0, 0.05) is 5.69 Å². The molecule has 0 aromatic heterocycles. The lowest BCUT2D eigenvalue weighted by molar-refractivity contribution is -0.123. The van der Waals surface area contributed by atoms with Gasteiger partial charge < -0.3 is 15.4 Å². The van der Waals surface area contributed by atoms with Crippen LogP contribution >= 0.6 is 0 Å². The summed E-state index contributed by atoms with van der Waals surface area (Å²) in [5.41, 5.74) is 2.96. The first-order chi connectivity index (χ1) is 13.4. The number of anilines is 1. The maximum atomic E-state index is 12.4. The number of ether oxygens (including phenoxy) is 1. The van der Waals surface area contributed by atoms with E-state index >= 15 is 0 Å². The van der Waals surface area contributed by atoms with Crippen molar-refractivity contribution in [1.29, 1.82) is 0 Å². The molecule has 2 amide bonds. The van der Waals surface area contributed by atoms with Crippen molar-refractivity contribution in [3.05, 3.63) is 59.7 Å². The third-order valence-corrected chi connectivity index (χ3v) is 4.42. The molecule has 2 N–H and O–H groups in total. The minimum atomic E-state index is -0.175. The highest BCUT2D eigenvalue weighted by Crippen LogP contribution is 2.17. The van der Waals surface area contributed by atoms with Crippen LogP contribution in [-0.2, 0) is 9.59 Å². The summed E-state index contributed by atoms with van der Waals surface area (Å²) in [5, 5.41) is 5.86. The normalized spacial score (nSPS) is 11.8. The molecule has 0 heterocycles. The van der Waals surface area contributed by atoms with Crippen molar-refractivity contribution in [2.24, 2.45) is 0 Å². The molecule has 0 fully saturated rings. The van der Waals surface area contributed by atoms with Crippen LogP contribution in [0.3, 0.4) is 0 Å². The number of nitrogens with zero attached hydrogens (tertiary/aromatic N) is 1. The second-order valence-corrected chi connectivity index (χ2v) is 6.89. The summed E-state index contributed by atoms with van der Waals surface area (Å²) in [6, 6.07) is 15.2. The number of aryl methyl sites for hydroxylation is 1. The smallest absolute Gasteiger partial charge is 0.238 e. The van der Waals surface area contributed by atoms with Gasteiger partial charge in [-0.3, -0.25) is 14.5 Å². The van der Waals surface area contributed by atoms with Gasteiger partial charge in [0.15, 0.2) is 0 Å². The molecule has 0 saturated carbocycles. The van der Waals surface area contributed by atoms with Gasteiger partial charge in [-0.1, -0.05) is 36.8 Å². The molecule has 1 atom stereocenters. The van der Waals surface area contributed by atoms with E-state index in [0.717, 1.165) is 17.7 Å². The van der Waals surface area contributed by atoms with Crippen LogP contribution in [0.1, 0.15) is 30.5 Å². The van der Waals surface area contributed by atoms with Crippen LogP contribution < -0.4 is 15.4 Å². The highest BCUT2D eigenvalue weighted by molar-refractivity contribution is 5.92. The molecule has 0 aliphatic heterocycles. The summed E-state index contributed by atoms with van der Waals surface area (Å²) in [4.78, 5) is 26.2. The largest absolute Gasteiger partial charge is 0.497 e. The lowest BCUT2D eigenvalue weighted by Crippen LogP contribution is -2.40. The van der Waals surface area contributed by atoms with E-state index in [0.29, 0.717) is 5.69 Å². The van der Waals surface area contributed by atoms with Crippen LogP contribution in [0.2, 0.25) is 0 Å². The van der Waals surface area contributed by atoms with Crippen LogP contribution in [-0.4, -0.2) is 44.0 Å². The standard InChI is InChI=1S/C22H29N3O3/c1-5-20(17-8-6-16(2)7-9-17)24-22(27)15-25(3)14-21(26)23-18-10-12-19(28-4)13-11-18/h6-13,20H,5,14-15H2,1-4H3,(H,23,26)(H,24,27)/t20-/m1/s1. The van der Waals surface area contributed by atoms with Crippen molar-refractivity contribution >= 4 is 17.5 Å². The topological polar surface area (TPSA) is 70.7 Å². The summed E-state index contributed by atoms with van der Waals surface area (Å²) >= 11 is 0. The summed E-state index contributed by atoms with van der Waals surface area (Å²) < 4.78 is 5.10. The van der Waals surface area contributed by atoms with E-state index in [1.54, 1.807) is 43.3 Å². The Morgan fingerprint density at radius 1 is 1.00 bits per heavy atom. The molecular weight excluding hydrogens is 354 g/mol. The van der Waals surface area contributed by atoms with Crippen molar-refractivity contribution in [3.8, 4) is 5.75 Å². The lowest BCUT2D eigenvalue weighted by Gasteiger charge is -2.21. The number of rotatable bonds is 9. The first kappa shape index (κ1) is 21.4. The predicted octanol–water partition coefficient (Wildman–Crippen LogP) is 3.14. The highest BCUT2D eigenvalue weighted by atomic mass is 16.5. The van der Waals surface area contributed by atoms with Crippen LogP contribution in [0.25, 0.3) is 0 Å². The fourth-order valence-electron chi connectivity index (χ4n) is 2.88. The number of nitrogens with one attached hydrogen (secondary N) is 2. The van der Waals surface area contributed by atoms with Gasteiger partial charge in [0.1, 0.15) is 5.75 Å². The van der Waals surface area contributed by atoms with E-state index in [1.807, 2.05) is 38.1 Å². The first-order valence-electron chi connectivity index (χ1n) is 9.39. The number of carbonyl (C=O) groups excluding carboxylic acids is 2. The molecule has 0 aliphatic carbocycles.